The lowest BCUT2D eigenvalue weighted by molar-refractivity contribution is -0.143. The Hall–Kier alpha value is -5.95. The summed E-state index contributed by atoms with van der Waals surface area (Å²) < 4.78 is 0. The number of hydrogen-bond acceptors (Lipinski definition) is 14. The van der Waals surface area contributed by atoms with E-state index in [0.717, 1.165) is 0 Å². The van der Waals surface area contributed by atoms with Gasteiger partial charge in [-0.05, 0) is 74.7 Å². The zero-order chi connectivity index (χ0) is 55.6. The summed E-state index contributed by atoms with van der Waals surface area (Å²) in [6, 6.07) is -12.8. The Kier molecular flexibility index (Phi) is 30.9. The molecule has 0 heterocycles. The molecule has 0 fully saturated rings. The number of rotatable bonds is 36. The van der Waals surface area contributed by atoms with Crippen molar-refractivity contribution in [1.29, 1.82) is 0 Å². The number of aliphatic hydroxyl groups excluding tert-OH is 1. The lowest BCUT2D eigenvalue weighted by Crippen LogP contribution is -2.62. The Labute approximate surface area is 422 Å². The molecule has 0 aromatic rings. The predicted molar refractivity (Wildman–Crippen MR) is 263 cm³/mol. The molecule has 16 N–H and O–H groups in total. The number of unbranched alkanes of at least 4 members (excludes halogenated alkanes) is 1. The van der Waals surface area contributed by atoms with Crippen LogP contribution in [-0.4, -0.2) is 153 Å². The number of carboxylic acids is 3. The second kappa shape index (κ2) is 33.7. The minimum atomic E-state index is -1.81. The molecule has 0 unspecified atom stereocenters. The molecule has 0 radical (unpaired) electrons. The molecule has 0 spiro atoms. The molecule has 0 aliphatic carbocycles. The largest absolute Gasteiger partial charge is 0.481 e. The fourth-order valence-corrected chi connectivity index (χ4v) is 7.20. The lowest BCUT2D eigenvalue weighted by Gasteiger charge is -2.31. The van der Waals surface area contributed by atoms with Crippen molar-refractivity contribution in [3.05, 3.63) is 0 Å². The average molecular weight is 1030 g/mol. The zero-order valence-electron chi connectivity index (χ0n) is 43.5. The molecule has 0 saturated heterocycles. The van der Waals surface area contributed by atoms with Crippen LogP contribution in [0, 0.1) is 29.6 Å². The molecule has 0 saturated carbocycles. The van der Waals surface area contributed by atoms with Gasteiger partial charge in [0.15, 0.2) is 0 Å². The van der Waals surface area contributed by atoms with E-state index >= 15 is 0 Å². The molecule has 11 atom stereocenters. The van der Waals surface area contributed by atoms with Gasteiger partial charge in [-0.15, -0.1) is 0 Å². The standard InChI is InChI=1S/C47H84N10O15/c1-11-26(9)37(45(69)51-30(16-17-34(59)60)40(64)50-29(15-13-14-18-48)41(65)55-36(25(7)8)47(71)72)57-46(70)38(27(10)12-2)56-44(68)33(21-35(61)62)54-43(67)32(20-24(5)6)53-42(66)31(19-23(3)4)52-39(63)28(49)22-58/h23-33,36-38,58H,11-22,48-49H2,1-10H3,(H,50,64)(H,51,69)(H,52,63)(H,53,66)(H,54,67)(H,55,65)(H,56,68)(H,57,70)(H,59,60)(H,61,62)(H,71,72)/t26-,27-,28-,29-,30-,31-,32-,33-,36-,37-,38-/m0/s1. The smallest absolute Gasteiger partial charge is 0.326 e. The number of carboxylic acid groups (broad SMARTS) is 3. The summed E-state index contributed by atoms with van der Waals surface area (Å²) >= 11 is 0. The van der Waals surface area contributed by atoms with Gasteiger partial charge in [0.2, 0.25) is 47.3 Å². The van der Waals surface area contributed by atoms with E-state index in [1.807, 2.05) is 0 Å². The predicted octanol–water partition coefficient (Wildman–Crippen LogP) is -1.42. The normalized spacial score (nSPS) is 15.9. The number of amides is 8. The molecular formula is C47H84N10O15. The summed E-state index contributed by atoms with van der Waals surface area (Å²) in [5.41, 5.74) is 11.3. The van der Waals surface area contributed by atoms with Gasteiger partial charge in [-0.1, -0.05) is 82.1 Å². The first-order valence-electron chi connectivity index (χ1n) is 24.7. The summed E-state index contributed by atoms with van der Waals surface area (Å²) in [4.78, 5) is 145. The van der Waals surface area contributed by atoms with Crippen molar-refractivity contribution in [2.75, 3.05) is 13.2 Å². The highest BCUT2D eigenvalue weighted by Crippen LogP contribution is 2.16. The van der Waals surface area contributed by atoms with Gasteiger partial charge < -0.3 is 74.4 Å². The van der Waals surface area contributed by atoms with Gasteiger partial charge in [-0.2, -0.15) is 0 Å². The zero-order valence-corrected chi connectivity index (χ0v) is 43.5. The topological polar surface area (TPSA) is 417 Å². The van der Waals surface area contributed by atoms with Crippen molar-refractivity contribution < 1.29 is 73.2 Å². The molecule has 8 amide bonds. The number of aliphatic hydroxyl groups is 1. The van der Waals surface area contributed by atoms with E-state index in [2.05, 4.69) is 42.5 Å². The third-order valence-corrected chi connectivity index (χ3v) is 11.9. The maximum Gasteiger partial charge on any atom is 0.326 e. The molecule has 0 aromatic heterocycles. The molecule has 25 nitrogen and oxygen atoms in total. The van der Waals surface area contributed by atoms with Crippen LogP contribution in [0.1, 0.15) is 133 Å². The van der Waals surface area contributed by atoms with Crippen molar-refractivity contribution in [2.24, 2.45) is 41.1 Å². The monoisotopic (exact) mass is 1030 g/mol. The number of carbonyl (C=O) groups excluding carboxylic acids is 8. The second-order valence-electron chi connectivity index (χ2n) is 19.5. The van der Waals surface area contributed by atoms with Gasteiger partial charge >= 0.3 is 17.9 Å². The molecule has 72 heavy (non-hydrogen) atoms. The van der Waals surface area contributed by atoms with E-state index in [4.69, 9.17) is 11.5 Å². The van der Waals surface area contributed by atoms with Crippen LogP contribution < -0.4 is 54.0 Å². The van der Waals surface area contributed by atoms with Gasteiger partial charge in [0.05, 0.1) is 13.0 Å². The quantitative estimate of drug-likeness (QED) is 0.0320. The number of aliphatic carboxylic acids is 3. The van der Waals surface area contributed by atoms with Crippen molar-refractivity contribution in [3.63, 3.8) is 0 Å². The molecule has 0 rings (SSSR count). The third kappa shape index (κ3) is 24.4. The fraction of sp³-hybridized carbons (Fsp3) is 0.766. The molecular weight excluding hydrogens is 945 g/mol. The molecule has 0 bridgehead atoms. The van der Waals surface area contributed by atoms with Crippen LogP contribution in [0.3, 0.4) is 0 Å². The van der Waals surface area contributed by atoms with Crippen LogP contribution in [0.15, 0.2) is 0 Å². The third-order valence-electron chi connectivity index (χ3n) is 11.9. The van der Waals surface area contributed by atoms with E-state index in [0.29, 0.717) is 12.8 Å². The number of nitrogens with one attached hydrogen (secondary N) is 8. The van der Waals surface area contributed by atoms with E-state index in [9.17, 15) is 73.2 Å². The Morgan fingerprint density at radius 2 is 0.833 bits per heavy atom. The lowest BCUT2D eigenvalue weighted by atomic mass is 9.94. The summed E-state index contributed by atoms with van der Waals surface area (Å²) in [6.45, 7) is 16.3. The van der Waals surface area contributed by atoms with Gasteiger partial charge in [-0.25, -0.2) is 4.79 Å². The molecule has 25 heteroatoms. The van der Waals surface area contributed by atoms with E-state index < -0.39 is 163 Å². The van der Waals surface area contributed by atoms with Crippen LogP contribution in [0.5, 0.6) is 0 Å². The number of carbonyl (C=O) groups is 11. The molecule has 0 aliphatic heterocycles. The van der Waals surface area contributed by atoms with Crippen molar-refractivity contribution >= 4 is 65.2 Å². The first-order chi connectivity index (χ1) is 33.5. The van der Waals surface area contributed by atoms with Crippen LogP contribution >= 0.6 is 0 Å². The summed E-state index contributed by atoms with van der Waals surface area (Å²) in [6.07, 6.45) is -0.603. The van der Waals surface area contributed by atoms with E-state index in [-0.39, 0.29) is 50.5 Å². The second-order valence-corrected chi connectivity index (χ2v) is 19.5. The average Bonchev–Trinajstić information content (AvgIpc) is 3.29. The summed E-state index contributed by atoms with van der Waals surface area (Å²) in [7, 11) is 0. The molecule has 0 aliphatic rings. The Morgan fingerprint density at radius 3 is 1.25 bits per heavy atom. The summed E-state index contributed by atoms with van der Waals surface area (Å²) in [5.74, 6) is -13.7. The Bertz CT molecular complexity index is 1830. The first kappa shape index (κ1) is 66.0. The summed E-state index contributed by atoms with van der Waals surface area (Å²) in [5, 5.41) is 58.3. The van der Waals surface area contributed by atoms with Crippen molar-refractivity contribution in [3.8, 4) is 0 Å². The van der Waals surface area contributed by atoms with Crippen LogP contribution in [0.4, 0.5) is 0 Å². The van der Waals surface area contributed by atoms with Gasteiger partial charge in [-0.3, -0.25) is 47.9 Å². The van der Waals surface area contributed by atoms with E-state index in [1.54, 1.807) is 69.2 Å². The van der Waals surface area contributed by atoms with Gasteiger partial charge in [0.1, 0.15) is 54.4 Å². The maximum absolute atomic E-state index is 14.2. The Balaban J connectivity index is 6.79. The molecule has 412 valence electrons. The van der Waals surface area contributed by atoms with Crippen molar-refractivity contribution in [1.82, 2.24) is 42.5 Å². The Morgan fingerprint density at radius 1 is 0.458 bits per heavy atom. The van der Waals surface area contributed by atoms with Crippen molar-refractivity contribution in [2.45, 2.75) is 188 Å². The number of nitrogens with two attached hydrogens (primary N) is 2. The van der Waals surface area contributed by atoms with Gasteiger partial charge in [0, 0.05) is 6.42 Å². The minimum absolute atomic E-state index is 0.00346. The number of hydrogen-bond donors (Lipinski definition) is 14. The molecule has 0 aromatic carbocycles. The van der Waals surface area contributed by atoms with Crippen LogP contribution in [0.2, 0.25) is 0 Å². The van der Waals surface area contributed by atoms with Gasteiger partial charge in [0.25, 0.3) is 0 Å². The highest BCUT2D eigenvalue weighted by Gasteiger charge is 2.38. The highest BCUT2D eigenvalue weighted by atomic mass is 16.4. The first-order valence-corrected chi connectivity index (χ1v) is 24.7. The fourth-order valence-electron chi connectivity index (χ4n) is 7.20. The van der Waals surface area contributed by atoms with Crippen LogP contribution in [-0.2, 0) is 52.7 Å². The highest BCUT2D eigenvalue weighted by molar-refractivity contribution is 5.99. The van der Waals surface area contributed by atoms with Crippen LogP contribution in [0.25, 0.3) is 0 Å². The SMILES string of the molecule is CC[C@H](C)[C@H](NC(=O)[C@H](CC(=O)O)NC(=O)[C@H](CC(C)C)NC(=O)[C@H](CC(C)C)NC(=O)[C@@H](N)CO)C(=O)N[C@H](C(=O)N[C@@H](CCC(=O)O)C(=O)N[C@@H](CCCCN)C(=O)N[C@H](C(=O)O)C(C)C)[C@@H](C)CC. The minimum Gasteiger partial charge on any atom is -0.481 e. The van der Waals surface area contributed by atoms with E-state index in [1.165, 1.54) is 0 Å². The maximum atomic E-state index is 14.2.